The largest absolute Gasteiger partial charge is 0.309 e. The van der Waals surface area contributed by atoms with Crippen LogP contribution in [-0.2, 0) is 11.2 Å². The van der Waals surface area contributed by atoms with Crippen molar-refractivity contribution in [2.45, 2.75) is 12.8 Å². The molecule has 1 aliphatic heterocycles. The first kappa shape index (κ1) is 15.1. The lowest BCUT2D eigenvalue weighted by Crippen LogP contribution is -2.24. The van der Waals surface area contributed by atoms with Gasteiger partial charge in [-0.15, -0.1) is 0 Å². The highest BCUT2D eigenvalue weighted by Gasteiger charge is 2.20. The van der Waals surface area contributed by atoms with Crippen molar-refractivity contribution in [2.75, 3.05) is 0 Å². The van der Waals surface area contributed by atoms with E-state index in [-0.39, 0.29) is 17.4 Å². The Morgan fingerprint density at radius 3 is 2.48 bits per heavy atom. The van der Waals surface area contributed by atoms with Crippen LogP contribution in [0.25, 0.3) is 6.08 Å². The minimum absolute atomic E-state index is 0.184. The maximum absolute atomic E-state index is 13.6. The summed E-state index contributed by atoms with van der Waals surface area (Å²) in [6.45, 7) is 0. The summed E-state index contributed by atoms with van der Waals surface area (Å²) in [6, 6.07) is 12.4. The zero-order chi connectivity index (χ0) is 16.2. The molecular formula is C18H14F2N2O. The average Bonchev–Trinajstić information content (AvgIpc) is 2.89. The van der Waals surface area contributed by atoms with Crippen LogP contribution >= 0.6 is 0 Å². The second-order valence-electron chi connectivity index (χ2n) is 5.19. The van der Waals surface area contributed by atoms with Gasteiger partial charge >= 0.3 is 0 Å². The Kier molecular flexibility index (Phi) is 4.28. The number of amidine groups is 1. The number of amides is 1. The van der Waals surface area contributed by atoms with Crippen LogP contribution in [-0.4, -0.2) is 11.7 Å². The van der Waals surface area contributed by atoms with E-state index in [0.29, 0.717) is 24.2 Å². The van der Waals surface area contributed by atoms with Crippen LogP contribution in [0.1, 0.15) is 17.5 Å². The van der Waals surface area contributed by atoms with Gasteiger partial charge in [0.25, 0.3) is 5.91 Å². The molecule has 0 aliphatic carbocycles. The van der Waals surface area contributed by atoms with E-state index in [4.69, 9.17) is 0 Å². The lowest BCUT2D eigenvalue weighted by molar-refractivity contribution is -0.115. The summed E-state index contributed by atoms with van der Waals surface area (Å²) in [4.78, 5) is 16.1. The van der Waals surface area contributed by atoms with Crippen molar-refractivity contribution in [1.29, 1.82) is 0 Å². The first-order valence-corrected chi connectivity index (χ1v) is 7.21. The molecule has 1 amide bonds. The van der Waals surface area contributed by atoms with E-state index in [2.05, 4.69) is 10.3 Å². The number of aliphatic imine (C=N–C) groups is 1. The van der Waals surface area contributed by atoms with Gasteiger partial charge in [0, 0.05) is 12.0 Å². The lowest BCUT2D eigenvalue weighted by atomic mass is 10.1. The van der Waals surface area contributed by atoms with Gasteiger partial charge in [0.05, 0.1) is 0 Å². The van der Waals surface area contributed by atoms with Gasteiger partial charge in [-0.05, 0) is 36.3 Å². The van der Waals surface area contributed by atoms with Crippen molar-refractivity contribution < 1.29 is 13.6 Å². The number of nitrogens with zero attached hydrogens (tertiary/aromatic N) is 1. The maximum Gasteiger partial charge on any atom is 0.275 e. The molecule has 0 spiro atoms. The molecule has 3 rings (SSSR count). The first-order valence-electron chi connectivity index (χ1n) is 7.21. The standard InChI is InChI=1S/C18H14F2N2O/c19-14-8-5-12(6-9-14)7-10-17-21-16(18(23)22-17)11-13-3-1-2-4-15(13)20/h1-6,8-9,11H,7,10H2,(H,21,22,23)/b16-11-. The van der Waals surface area contributed by atoms with Crippen LogP contribution in [0.2, 0.25) is 0 Å². The van der Waals surface area contributed by atoms with E-state index < -0.39 is 5.82 Å². The fourth-order valence-corrected chi connectivity index (χ4v) is 2.29. The van der Waals surface area contributed by atoms with Crippen molar-refractivity contribution in [1.82, 2.24) is 5.32 Å². The van der Waals surface area contributed by atoms with Crippen LogP contribution in [0, 0.1) is 11.6 Å². The number of hydrogen-bond acceptors (Lipinski definition) is 2. The van der Waals surface area contributed by atoms with E-state index >= 15 is 0 Å². The predicted molar refractivity (Wildman–Crippen MR) is 84.7 cm³/mol. The third-order valence-corrected chi connectivity index (χ3v) is 3.51. The Hall–Kier alpha value is -2.82. The molecule has 1 aliphatic rings. The molecule has 0 radical (unpaired) electrons. The van der Waals surface area contributed by atoms with Crippen molar-refractivity contribution in [3.63, 3.8) is 0 Å². The van der Waals surface area contributed by atoms with Gasteiger partial charge in [-0.2, -0.15) is 0 Å². The van der Waals surface area contributed by atoms with Gasteiger partial charge in [0.1, 0.15) is 23.2 Å². The third-order valence-electron chi connectivity index (χ3n) is 3.51. The SMILES string of the molecule is O=C1NC(CCc2ccc(F)cc2)=N/C1=C\c1ccccc1F. The first-order chi connectivity index (χ1) is 11.1. The van der Waals surface area contributed by atoms with Crippen molar-refractivity contribution in [2.24, 2.45) is 4.99 Å². The summed E-state index contributed by atoms with van der Waals surface area (Å²) in [5, 5.41) is 2.67. The minimum atomic E-state index is -0.400. The van der Waals surface area contributed by atoms with Crippen LogP contribution < -0.4 is 5.32 Å². The van der Waals surface area contributed by atoms with E-state index in [9.17, 15) is 13.6 Å². The fraction of sp³-hybridized carbons (Fsp3) is 0.111. The normalized spacial score (nSPS) is 15.7. The highest BCUT2D eigenvalue weighted by Crippen LogP contribution is 2.16. The van der Waals surface area contributed by atoms with E-state index in [1.807, 2.05) is 0 Å². The minimum Gasteiger partial charge on any atom is -0.309 e. The molecular weight excluding hydrogens is 298 g/mol. The van der Waals surface area contributed by atoms with Crippen LogP contribution in [0.4, 0.5) is 8.78 Å². The van der Waals surface area contributed by atoms with Gasteiger partial charge in [0.15, 0.2) is 0 Å². The molecule has 1 heterocycles. The van der Waals surface area contributed by atoms with E-state index in [1.54, 1.807) is 30.3 Å². The van der Waals surface area contributed by atoms with Crippen LogP contribution in [0.15, 0.2) is 59.2 Å². The molecule has 3 nitrogen and oxygen atoms in total. The lowest BCUT2D eigenvalue weighted by Gasteiger charge is -2.01. The zero-order valence-corrected chi connectivity index (χ0v) is 12.2. The summed E-state index contributed by atoms with van der Waals surface area (Å²) in [5.41, 5.74) is 1.46. The Bertz CT molecular complexity index is 795. The molecule has 5 heteroatoms. The van der Waals surface area contributed by atoms with Crippen molar-refractivity contribution in [3.05, 3.63) is 77.0 Å². The smallest absolute Gasteiger partial charge is 0.275 e. The Balaban J connectivity index is 1.71. The Labute approximate surface area is 132 Å². The van der Waals surface area contributed by atoms with Gasteiger partial charge in [0.2, 0.25) is 0 Å². The summed E-state index contributed by atoms with van der Waals surface area (Å²) in [5.74, 6) is -0.498. The number of carbonyl (C=O) groups is 1. The third kappa shape index (κ3) is 3.69. The van der Waals surface area contributed by atoms with E-state index in [1.165, 1.54) is 24.3 Å². The van der Waals surface area contributed by atoms with Crippen LogP contribution in [0.5, 0.6) is 0 Å². The summed E-state index contributed by atoms with van der Waals surface area (Å²) < 4.78 is 26.5. The Morgan fingerprint density at radius 1 is 1.00 bits per heavy atom. The second kappa shape index (κ2) is 6.52. The molecule has 0 bridgehead atoms. The molecule has 0 saturated heterocycles. The Morgan fingerprint density at radius 2 is 1.74 bits per heavy atom. The molecule has 23 heavy (non-hydrogen) atoms. The second-order valence-corrected chi connectivity index (χ2v) is 5.19. The van der Waals surface area contributed by atoms with Gasteiger partial charge in [-0.1, -0.05) is 30.3 Å². The predicted octanol–water partition coefficient (Wildman–Crippen LogP) is 3.47. The number of carbonyl (C=O) groups excluding carboxylic acids is 1. The van der Waals surface area contributed by atoms with Gasteiger partial charge in [-0.3, -0.25) is 4.79 Å². The molecule has 0 unspecified atom stereocenters. The van der Waals surface area contributed by atoms with Crippen molar-refractivity contribution in [3.8, 4) is 0 Å². The average molecular weight is 312 g/mol. The quantitative estimate of drug-likeness (QED) is 0.863. The fourth-order valence-electron chi connectivity index (χ4n) is 2.29. The number of benzene rings is 2. The molecule has 116 valence electrons. The monoisotopic (exact) mass is 312 g/mol. The summed E-state index contributed by atoms with van der Waals surface area (Å²) >= 11 is 0. The molecule has 0 fully saturated rings. The summed E-state index contributed by atoms with van der Waals surface area (Å²) in [7, 11) is 0. The van der Waals surface area contributed by atoms with Crippen molar-refractivity contribution >= 4 is 17.8 Å². The van der Waals surface area contributed by atoms with Gasteiger partial charge < -0.3 is 5.32 Å². The summed E-state index contributed by atoms with van der Waals surface area (Å²) in [6.07, 6.45) is 2.58. The molecule has 2 aromatic rings. The number of halogens is 2. The highest BCUT2D eigenvalue weighted by atomic mass is 19.1. The van der Waals surface area contributed by atoms with E-state index in [0.717, 1.165) is 5.56 Å². The topological polar surface area (TPSA) is 41.5 Å². The molecule has 0 atom stereocenters. The zero-order valence-electron chi connectivity index (χ0n) is 12.2. The number of aryl methyl sites for hydroxylation is 1. The van der Waals surface area contributed by atoms with Gasteiger partial charge in [-0.25, -0.2) is 13.8 Å². The number of nitrogens with one attached hydrogen (secondary N) is 1. The molecule has 0 aromatic heterocycles. The molecule has 1 N–H and O–H groups in total. The number of hydrogen-bond donors (Lipinski definition) is 1. The van der Waals surface area contributed by atoms with Crippen LogP contribution in [0.3, 0.4) is 0 Å². The number of rotatable bonds is 4. The maximum atomic E-state index is 13.6. The highest BCUT2D eigenvalue weighted by molar-refractivity contribution is 6.14. The molecule has 2 aromatic carbocycles. The molecule has 0 saturated carbocycles.